The van der Waals surface area contributed by atoms with Crippen LogP contribution in [0.3, 0.4) is 0 Å². The zero-order valence-corrected chi connectivity index (χ0v) is 10.7. The van der Waals surface area contributed by atoms with Crippen LogP contribution in [0.1, 0.15) is 17.9 Å². The lowest BCUT2D eigenvalue weighted by Crippen LogP contribution is -2.14. The van der Waals surface area contributed by atoms with E-state index in [2.05, 4.69) is 24.3 Å². The van der Waals surface area contributed by atoms with Gasteiger partial charge in [0.15, 0.2) is 0 Å². The van der Waals surface area contributed by atoms with Crippen molar-refractivity contribution in [2.75, 3.05) is 32.2 Å². The fourth-order valence-corrected chi connectivity index (χ4v) is 3.69. The molecule has 0 aromatic heterocycles. The molecule has 1 aromatic rings. The molecule has 2 unspecified atom stereocenters. The Morgan fingerprint density at radius 1 is 1.29 bits per heavy atom. The predicted octanol–water partition coefficient (Wildman–Crippen LogP) is 2.93. The monoisotopic (exact) mass is 250 g/mol. The summed E-state index contributed by atoms with van der Waals surface area (Å²) in [6.07, 6.45) is 1.16. The van der Waals surface area contributed by atoms with Gasteiger partial charge in [-0.1, -0.05) is 18.2 Å². The van der Waals surface area contributed by atoms with E-state index in [0.29, 0.717) is 11.8 Å². The van der Waals surface area contributed by atoms with Crippen LogP contribution in [0.5, 0.6) is 0 Å². The number of hydrogen-bond acceptors (Lipinski definition) is 3. The number of rotatable bonds is 4. The maximum Gasteiger partial charge on any atom is 0.0543 e. The fourth-order valence-electron chi connectivity index (χ4n) is 2.46. The quantitative estimate of drug-likeness (QED) is 0.818. The Bertz CT molecular complexity index is 374. The van der Waals surface area contributed by atoms with E-state index in [1.54, 1.807) is 0 Å². The molecule has 0 N–H and O–H groups in total. The second-order valence-electron chi connectivity index (χ2n) is 4.81. The van der Waals surface area contributed by atoms with E-state index in [4.69, 9.17) is 9.47 Å². The summed E-state index contributed by atoms with van der Waals surface area (Å²) < 4.78 is 11.2. The molecule has 1 aromatic carbocycles. The summed E-state index contributed by atoms with van der Waals surface area (Å²) in [4.78, 5) is 1.44. The van der Waals surface area contributed by atoms with Gasteiger partial charge in [-0.2, -0.15) is 0 Å². The molecule has 2 nitrogen and oxygen atoms in total. The summed E-state index contributed by atoms with van der Waals surface area (Å²) in [5.74, 6) is 2.37. The highest BCUT2D eigenvalue weighted by Crippen LogP contribution is 2.39. The number of thioether (sulfide) groups is 1. The van der Waals surface area contributed by atoms with Crippen LogP contribution < -0.4 is 0 Å². The Balaban J connectivity index is 1.50. The highest BCUT2D eigenvalue weighted by molar-refractivity contribution is 7.99. The van der Waals surface area contributed by atoms with E-state index in [1.165, 1.54) is 16.2 Å². The van der Waals surface area contributed by atoms with Crippen molar-refractivity contribution in [2.24, 2.45) is 5.92 Å². The van der Waals surface area contributed by atoms with Crippen LogP contribution in [0.4, 0.5) is 0 Å². The Morgan fingerprint density at radius 3 is 3.12 bits per heavy atom. The van der Waals surface area contributed by atoms with Gasteiger partial charge in [-0.05, 0) is 18.1 Å². The van der Waals surface area contributed by atoms with Crippen molar-refractivity contribution in [3.63, 3.8) is 0 Å². The van der Waals surface area contributed by atoms with Gasteiger partial charge < -0.3 is 9.47 Å². The van der Waals surface area contributed by atoms with E-state index in [-0.39, 0.29) is 0 Å². The molecule has 0 amide bonds. The minimum atomic E-state index is 0.582. The average Bonchev–Trinajstić information content (AvgIpc) is 2.99. The van der Waals surface area contributed by atoms with Gasteiger partial charge in [0.05, 0.1) is 19.8 Å². The van der Waals surface area contributed by atoms with Crippen molar-refractivity contribution in [3.05, 3.63) is 29.8 Å². The van der Waals surface area contributed by atoms with Crippen LogP contribution in [0, 0.1) is 5.92 Å². The van der Waals surface area contributed by atoms with E-state index in [9.17, 15) is 0 Å². The van der Waals surface area contributed by atoms with Gasteiger partial charge in [0.1, 0.15) is 0 Å². The highest BCUT2D eigenvalue weighted by Gasteiger charge is 2.23. The highest BCUT2D eigenvalue weighted by atomic mass is 32.2. The molecule has 1 fully saturated rings. The minimum Gasteiger partial charge on any atom is -0.381 e. The summed E-state index contributed by atoms with van der Waals surface area (Å²) in [6.45, 7) is 3.52. The predicted molar refractivity (Wildman–Crippen MR) is 69.7 cm³/mol. The Labute approximate surface area is 107 Å². The first-order valence-corrected chi connectivity index (χ1v) is 7.29. The van der Waals surface area contributed by atoms with Gasteiger partial charge in [-0.25, -0.2) is 0 Å². The zero-order chi connectivity index (χ0) is 11.5. The van der Waals surface area contributed by atoms with Crippen LogP contribution in [0.15, 0.2) is 29.2 Å². The molecule has 0 aliphatic carbocycles. The molecule has 0 saturated carbocycles. The van der Waals surface area contributed by atoms with Crippen molar-refractivity contribution < 1.29 is 9.47 Å². The van der Waals surface area contributed by atoms with Gasteiger partial charge >= 0.3 is 0 Å². The van der Waals surface area contributed by atoms with Crippen molar-refractivity contribution in [2.45, 2.75) is 17.2 Å². The van der Waals surface area contributed by atoms with Crippen LogP contribution in [0.2, 0.25) is 0 Å². The van der Waals surface area contributed by atoms with Crippen molar-refractivity contribution in [1.82, 2.24) is 0 Å². The summed E-state index contributed by atoms with van der Waals surface area (Å²) in [5.41, 5.74) is 1.47. The van der Waals surface area contributed by atoms with E-state index in [1.807, 2.05) is 11.8 Å². The summed E-state index contributed by atoms with van der Waals surface area (Å²) in [5, 5.41) is 0. The molecule has 2 atom stereocenters. The first-order valence-electron chi connectivity index (χ1n) is 6.30. The van der Waals surface area contributed by atoms with Crippen molar-refractivity contribution in [3.8, 4) is 0 Å². The van der Waals surface area contributed by atoms with Gasteiger partial charge in [-0.15, -0.1) is 11.8 Å². The smallest absolute Gasteiger partial charge is 0.0543 e. The second kappa shape index (κ2) is 5.42. The molecule has 2 heterocycles. The fraction of sp³-hybridized carbons (Fsp3) is 0.571. The molecule has 3 rings (SSSR count). The topological polar surface area (TPSA) is 18.5 Å². The van der Waals surface area contributed by atoms with Crippen LogP contribution in [-0.4, -0.2) is 32.2 Å². The normalized spacial score (nSPS) is 27.3. The van der Waals surface area contributed by atoms with Crippen LogP contribution in [0.25, 0.3) is 0 Å². The van der Waals surface area contributed by atoms with Gasteiger partial charge in [-0.3, -0.25) is 0 Å². The van der Waals surface area contributed by atoms with Gasteiger partial charge in [0.2, 0.25) is 0 Å². The van der Waals surface area contributed by atoms with E-state index < -0.39 is 0 Å². The molecule has 92 valence electrons. The number of benzene rings is 1. The number of hydrogen-bond donors (Lipinski definition) is 0. The molecule has 17 heavy (non-hydrogen) atoms. The maximum absolute atomic E-state index is 5.87. The summed E-state index contributed by atoms with van der Waals surface area (Å²) >= 11 is 1.95. The van der Waals surface area contributed by atoms with E-state index in [0.717, 1.165) is 32.8 Å². The molecule has 0 spiro atoms. The Hall–Kier alpha value is -0.510. The Kier molecular flexibility index (Phi) is 3.69. The zero-order valence-electron chi connectivity index (χ0n) is 9.93. The molecule has 0 bridgehead atoms. The number of fused-ring (bicyclic) bond motifs is 1. The van der Waals surface area contributed by atoms with Crippen LogP contribution >= 0.6 is 11.8 Å². The lowest BCUT2D eigenvalue weighted by molar-refractivity contribution is 0.0833. The summed E-state index contributed by atoms with van der Waals surface area (Å²) in [6, 6.07) is 8.69. The lowest BCUT2D eigenvalue weighted by atomic mass is 10.0. The summed E-state index contributed by atoms with van der Waals surface area (Å²) in [7, 11) is 0. The van der Waals surface area contributed by atoms with Gasteiger partial charge in [0, 0.05) is 29.1 Å². The first kappa shape index (κ1) is 11.6. The van der Waals surface area contributed by atoms with E-state index >= 15 is 0 Å². The van der Waals surface area contributed by atoms with Crippen molar-refractivity contribution >= 4 is 11.8 Å². The molecule has 2 aliphatic rings. The molecule has 1 saturated heterocycles. The lowest BCUT2D eigenvalue weighted by Gasteiger charge is -2.13. The minimum absolute atomic E-state index is 0.582. The molecule has 0 radical (unpaired) electrons. The SMILES string of the molecule is c1ccc2c(c1)SCC2COCC1CCOC1. The third-order valence-corrected chi connectivity index (χ3v) is 4.75. The molecular weight excluding hydrogens is 232 g/mol. The van der Waals surface area contributed by atoms with Crippen LogP contribution in [-0.2, 0) is 9.47 Å². The largest absolute Gasteiger partial charge is 0.381 e. The molecular formula is C14H18O2S. The second-order valence-corrected chi connectivity index (χ2v) is 5.87. The maximum atomic E-state index is 5.87. The third kappa shape index (κ3) is 2.67. The van der Waals surface area contributed by atoms with Gasteiger partial charge in [0.25, 0.3) is 0 Å². The molecule has 2 aliphatic heterocycles. The Morgan fingerprint density at radius 2 is 2.24 bits per heavy atom. The third-order valence-electron chi connectivity index (χ3n) is 3.50. The standard InChI is InChI=1S/C14H18O2S/c1-2-4-14-13(3-1)12(10-17-14)9-16-8-11-5-6-15-7-11/h1-4,11-12H,5-10H2. The van der Waals surface area contributed by atoms with Crippen molar-refractivity contribution in [1.29, 1.82) is 0 Å². The average molecular weight is 250 g/mol. The number of ether oxygens (including phenoxy) is 2. The first-order chi connectivity index (χ1) is 8.43. The molecule has 3 heteroatoms.